The van der Waals surface area contributed by atoms with Crippen molar-refractivity contribution < 1.29 is 23.4 Å². The summed E-state index contributed by atoms with van der Waals surface area (Å²) in [5, 5.41) is 0.387. The molecule has 7 heteroatoms. The Bertz CT molecular complexity index is 868. The molecule has 26 heavy (non-hydrogen) atoms. The monoisotopic (exact) mass is 375 g/mol. The molecule has 136 valence electrons. The molecule has 0 saturated heterocycles. The van der Waals surface area contributed by atoms with E-state index < -0.39 is 5.97 Å². The standard InChI is InChI=1S/C19H18ClNO5/c1-4-23-16-10-12(8-13(20)17(16)25-11(2)3)9-14-19(22)26-18(21-14)15-6-5-7-24-15/h5-11H,4H2,1-3H3/b14-9-. The van der Waals surface area contributed by atoms with Crippen molar-refractivity contribution in [1.82, 2.24) is 0 Å². The molecule has 0 atom stereocenters. The molecule has 0 spiro atoms. The van der Waals surface area contributed by atoms with Crippen LogP contribution in [0.4, 0.5) is 0 Å². The van der Waals surface area contributed by atoms with Crippen molar-refractivity contribution in [2.45, 2.75) is 26.9 Å². The van der Waals surface area contributed by atoms with E-state index in [-0.39, 0.29) is 17.7 Å². The maximum Gasteiger partial charge on any atom is 0.363 e. The summed E-state index contributed by atoms with van der Waals surface area (Å²) in [5.74, 6) is 0.923. The number of hydrogen-bond acceptors (Lipinski definition) is 6. The van der Waals surface area contributed by atoms with Gasteiger partial charge in [0.1, 0.15) is 0 Å². The van der Waals surface area contributed by atoms with Crippen LogP contribution < -0.4 is 9.47 Å². The number of cyclic esters (lactones) is 1. The summed E-state index contributed by atoms with van der Waals surface area (Å²) in [5.41, 5.74) is 0.790. The quantitative estimate of drug-likeness (QED) is 0.550. The highest BCUT2D eigenvalue weighted by atomic mass is 35.5. The lowest BCUT2D eigenvalue weighted by atomic mass is 10.1. The van der Waals surface area contributed by atoms with Gasteiger partial charge in [-0.25, -0.2) is 9.79 Å². The molecule has 0 N–H and O–H groups in total. The lowest BCUT2D eigenvalue weighted by molar-refractivity contribution is -0.130. The fourth-order valence-corrected chi connectivity index (χ4v) is 2.62. The zero-order valence-corrected chi connectivity index (χ0v) is 15.4. The second-order valence-electron chi connectivity index (χ2n) is 5.74. The Morgan fingerprint density at radius 2 is 2.15 bits per heavy atom. The predicted octanol–water partition coefficient (Wildman–Crippen LogP) is 4.46. The lowest BCUT2D eigenvalue weighted by Gasteiger charge is -2.16. The van der Waals surface area contributed by atoms with E-state index in [9.17, 15) is 4.79 Å². The molecule has 1 aliphatic rings. The second kappa shape index (κ2) is 7.66. The van der Waals surface area contributed by atoms with E-state index >= 15 is 0 Å². The summed E-state index contributed by atoms with van der Waals surface area (Å²) in [6.45, 7) is 6.13. The maximum absolute atomic E-state index is 12.1. The number of aliphatic imine (C=N–C) groups is 1. The lowest BCUT2D eigenvalue weighted by Crippen LogP contribution is -2.08. The first-order chi connectivity index (χ1) is 12.5. The highest BCUT2D eigenvalue weighted by Crippen LogP contribution is 2.38. The third-order valence-corrected chi connectivity index (χ3v) is 3.62. The van der Waals surface area contributed by atoms with Crippen molar-refractivity contribution in [1.29, 1.82) is 0 Å². The average Bonchev–Trinajstić information content (AvgIpc) is 3.21. The normalized spacial score (nSPS) is 15.3. The van der Waals surface area contributed by atoms with Crippen LogP contribution in [0.1, 0.15) is 32.1 Å². The van der Waals surface area contributed by atoms with Crippen LogP contribution in [0.3, 0.4) is 0 Å². The summed E-state index contributed by atoms with van der Waals surface area (Å²) in [6.07, 6.45) is 3.00. The van der Waals surface area contributed by atoms with Gasteiger partial charge in [-0.3, -0.25) is 0 Å². The number of nitrogens with zero attached hydrogens (tertiary/aromatic N) is 1. The molecule has 0 saturated carbocycles. The Morgan fingerprint density at radius 3 is 2.81 bits per heavy atom. The second-order valence-corrected chi connectivity index (χ2v) is 6.15. The highest BCUT2D eigenvalue weighted by molar-refractivity contribution is 6.32. The number of hydrogen-bond donors (Lipinski definition) is 0. The van der Waals surface area contributed by atoms with E-state index in [0.29, 0.717) is 34.5 Å². The first-order valence-corrected chi connectivity index (χ1v) is 8.55. The summed E-state index contributed by atoms with van der Waals surface area (Å²) < 4.78 is 21.7. The van der Waals surface area contributed by atoms with Crippen molar-refractivity contribution >= 4 is 29.5 Å². The number of carbonyl (C=O) groups excluding carboxylic acids is 1. The third-order valence-electron chi connectivity index (χ3n) is 3.34. The first-order valence-electron chi connectivity index (χ1n) is 8.17. The number of halogens is 1. The first kappa shape index (κ1) is 18.1. The van der Waals surface area contributed by atoms with E-state index in [1.54, 1.807) is 30.3 Å². The zero-order valence-electron chi connectivity index (χ0n) is 14.6. The van der Waals surface area contributed by atoms with Gasteiger partial charge < -0.3 is 18.6 Å². The number of benzene rings is 1. The van der Waals surface area contributed by atoms with Crippen LogP contribution in [0.2, 0.25) is 5.02 Å². The number of esters is 1. The fourth-order valence-electron chi connectivity index (χ4n) is 2.36. The van der Waals surface area contributed by atoms with Gasteiger partial charge in [0, 0.05) is 0 Å². The van der Waals surface area contributed by atoms with Gasteiger partial charge in [0.2, 0.25) is 0 Å². The van der Waals surface area contributed by atoms with Crippen LogP contribution in [0.25, 0.3) is 6.08 Å². The molecule has 0 unspecified atom stereocenters. The predicted molar refractivity (Wildman–Crippen MR) is 97.7 cm³/mol. The SMILES string of the molecule is CCOc1cc(/C=C2\N=C(c3ccco3)OC2=O)cc(Cl)c1OC(C)C. The molecule has 1 aromatic heterocycles. The highest BCUT2D eigenvalue weighted by Gasteiger charge is 2.26. The molecular weight excluding hydrogens is 358 g/mol. The minimum atomic E-state index is -0.562. The molecule has 1 aliphatic heterocycles. The van der Waals surface area contributed by atoms with E-state index in [4.69, 9.17) is 30.2 Å². The number of ether oxygens (including phenoxy) is 3. The van der Waals surface area contributed by atoms with Crippen LogP contribution in [0.5, 0.6) is 11.5 Å². The van der Waals surface area contributed by atoms with Crippen molar-refractivity contribution in [2.24, 2.45) is 4.99 Å². The number of furan rings is 1. The van der Waals surface area contributed by atoms with Gasteiger partial charge in [0.15, 0.2) is 23.0 Å². The zero-order chi connectivity index (χ0) is 18.7. The minimum Gasteiger partial charge on any atom is -0.490 e. The Hall–Kier alpha value is -2.73. The van der Waals surface area contributed by atoms with E-state index in [1.807, 2.05) is 20.8 Å². The van der Waals surface area contributed by atoms with Crippen molar-refractivity contribution in [3.8, 4) is 11.5 Å². The third kappa shape index (κ3) is 3.91. The average molecular weight is 376 g/mol. The van der Waals surface area contributed by atoms with E-state index in [0.717, 1.165) is 0 Å². The number of rotatable bonds is 6. The number of carbonyl (C=O) groups is 1. The summed E-state index contributed by atoms with van der Waals surface area (Å²) in [7, 11) is 0. The minimum absolute atomic E-state index is 0.0545. The Kier molecular flexibility index (Phi) is 5.32. The molecule has 2 heterocycles. The van der Waals surface area contributed by atoms with Crippen LogP contribution >= 0.6 is 11.6 Å². The van der Waals surface area contributed by atoms with Crippen molar-refractivity contribution in [2.75, 3.05) is 6.61 Å². The van der Waals surface area contributed by atoms with Gasteiger partial charge >= 0.3 is 5.97 Å². The molecule has 2 aromatic rings. The molecule has 0 fully saturated rings. The summed E-state index contributed by atoms with van der Waals surface area (Å²) >= 11 is 6.34. The van der Waals surface area contributed by atoms with Crippen LogP contribution in [-0.2, 0) is 9.53 Å². The molecule has 3 rings (SSSR count). The van der Waals surface area contributed by atoms with Gasteiger partial charge in [-0.1, -0.05) is 11.6 Å². The van der Waals surface area contributed by atoms with Gasteiger partial charge in [0.25, 0.3) is 5.90 Å². The smallest absolute Gasteiger partial charge is 0.363 e. The van der Waals surface area contributed by atoms with Crippen molar-refractivity contribution in [3.63, 3.8) is 0 Å². The molecule has 0 aliphatic carbocycles. The largest absolute Gasteiger partial charge is 0.490 e. The fraction of sp³-hybridized carbons (Fsp3) is 0.263. The molecule has 0 bridgehead atoms. The molecule has 0 amide bonds. The summed E-state index contributed by atoms with van der Waals surface area (Å²) in [4.78, 5) is 16.2. The Morgan fingerprint density at radius 1 is 1.35 bits per heavy atom. The Labute approximate surface area is 156 Å². The molecule has 1 aromatic carbocycles. The van der Waals surface area contributed by atoms with E-state index in [1.165, 1.54) is 6.26 Å². The van der Waals surface area contributed by atoms with Crippen LogP contribution in [0, 0.1) is 0 Å². The molecular formula is C19H18ClNO5. The molecule has 6 nitrogen and oxygen atoms in total. The Balaban J connectivity index is 1.96. The van der Waals surface area contributed by atoms with Crippen LogP contribution in [0.15, 0.2) is 45.6 Å². The van der Waals surface area contributed by atoms with Crippen molar-refractivity contribution in [3.05, 3.63) is 52.6 Å². The molecule has 0 radical (unpaired) electrons. The van der Waals surface area contributed by atoms with Crippen LogP contribution in [-0.4, -0.2) is 24.6 Å². The van der Waals surface area contributed by atoms with Gasteiger partial charge in [-0.05, 0) is 56.7 Å². The summed E-state index contributed by atoms with van der Waals surface area (Å²) in [6, 6.07) is 6.78. The topological polar surface area (TPSA) is 70.3 Å². The van der Waals surface area contributed by atoms with Gasteiger partial charge in [-0.15, -0.1) is 0 Å². The maximum atomic E-state index is 12.1. The van der Waals surface area contributed by atoms with E-state index in [2.05, 4.69) is 4.99 Å². The van der Waals surface area contributed by atoms with Gasteiger partial charge in [0.05, 0.1) is 24.0 Å². The van der Waals surface area contributed by atoms with Gasteiger partial charge in [-0.2, -0.15) is 0 Å².